The number of thioether (sulfide) groups is 1. The molecule has 2 aromatic rings. The lowest BCUT2D eigenvalue weighted by atomic mass is 10.3. The first kappa shape index (κ1) is 12.7. The first-order chi connectivity index (χ1) is 8.61. The van der Waals surface area contributed by atoms with Gasteiger partial charge in [-0.15, -0.1) is 0 Å². The number of carbonyl (C=O) groups is 1. The SMILES string of the molecule is CCc1cnc(SCC(=O)O)n1-c1ccn(C)n1. The maximum Gasteiger partial charge on any atom is 0.313 e. The molecule has 0 fully saturated rings. The zero-order chi connectivity index (χ0) is 13.1. The third-order valence-corrected chi connectivity index (χ3v) is 3.36. The van der Waals surface area contributed by atoms with E-state index < -0.39 is 5.97 Å². The van der Waals surface area contributed by atoms with Crippen molar-refractivity contribution in [3.8, 4) is 5.82 Å². The van der Waals surface area contributed by atoms with Crippen LogP contribution in [0.2, 0.25) is 0 Å². The Morgan fingerprint density at radius 1 is 1.56 bits per heavy atom. The van der Waals surface area contributed by atoms with Crippen LogP contribution < -0.4 is 0 Å². The van der Waals surface area contributed by atoms with Gasteiger partial charge in [0.05, 0.1) is 5.75 Å². The van der Waals surface area contributed by atoms with Crippen LogP contribution >= 0.6 is 11.8 Å². The van der Waals surface area contributed by atoms with Crippen LogP contribution in [-0.4, -0.2) is 36.2 Å². The summed E-state index contributed by atoms with van der Waals surface area (Å²) < 4.78 is 3.61. The van der Waals surface area contributed by atoms with Gasteiger partial charge < -0.3 is 5.11 Å². The highest BCUT2D eigenvalue weighted by Crippen LogP contribution is 2.22. The van der Waals surface area contributed by atoms with E-state index in [1.165, 1.54) is 11.8 Å². The van der Waals surface area contributed by atoms with E-state index in [0.717, 1.165) is 17.9 Å². The number of imidazole rings is 1. The minimum atomic E-state index is -0.853. The van der Waals surface area contributed by atoms with Crippen molar-refractivity contribution in [2.75, 3.05) is 5.75 Å². The first-order valence-corrected chi connectivity index (χ1v) is 6.51. The lowest BCUT2D eigenvalue weighted by Crippen LogP contribution is -2.05. The van der Waals surface area contributed by atoms with Gasteiger partial charge >= 0.3 is 5.97 Å². The van der Waals surface area contributed by atoms with Gasteiger partial charge in [0, 0.05) is 31.2 Å². The highest BCUT2D eigenvalue weighted by atomic mass is 32.2. The van der Waals surface area contributed by atoms with Crippen molar-refractivity contribution >= 4 is 17.7 Å². The van der Waals surface area contributed by atoms with Crippen LogP contribution in [0.1, 0.15) is 12.6 Å². The van der Waals surface area contributed by atoms with Crippen molar-refractivity contribution in [1.29, 1.82) is 0 Å². The fraction of sp³-hybridized carbons (Fsp3) is 0.364. The maximum atomic E-state index is 10.6. The van der Waals surface area contributed by atoms with Gasteiger partial charge in [0.15, 0.2) is 11.0 Å². The number of hydrogen-bond donors (Lipinski definition) is 1. The molecule has 0 bridgehead atoms. The summed E-state index contributed by atoms with van der Waals surface area (Å²) in [6.07, 6.45) is 4.43. The van der Waals surface area contributed by atoms with Gasteiger partial charge in [-0.2, -0.15) is 5.10 Å². The van der Waals surface area contributed by atoms with Crippen LogP contribution in [0, 0.1) is 0 Å². The Morgan fingerprint density at radius 3 is 2.89 bits per heavy atom. The lowest BCUT2D eigenvalue weighted by Gasteiger charge is -2.06. The van der Waals surface area contributed by atoms with Crippen LogP contribution in [0.3, 0.4) is 0 Å². The Kier molecular flexibility index (Phi) is 3.71. The number of rotatable bonds is 5. The van der Waals surface area contributed by atoms with E-state index in [1.807, 2.05) is 30.8 Å². The Hall–Kier alpha value is -1.76. The average molecular weight is 266 g/mol. The third kappa shape index (κ3) is 2.56. The molecule has 96 valence electrons. The zero-order valence-corrected chi connectivity index (χ0v) is 11.0. The summed E-state index contributed by atoms with van der Waals surface area (Å²) in [7, 11) is 1.84. The molecule has 0 aliphatic carbocycles. The van der Waals surface area contributed by atoms with Crippen LogP contribution in [-0.2, 0) is 18.3 Å². The van der Waals surface area contributed by atoms with Crippen molar-refractivity contribution in [2.45, 2.75) is 18.5 Å². The second kappa shape index (κ2) is 5.26. The van der Waals surface area contributed by atoms with E-state index in [0.29, 0.717) is 5.16 Å². The van der Waals surface area contributed by atoms with Gasteiger partial charge in [0.25, 0.3) is 0 Å². The molecule has 0 aromatic carbocycles. The lowest BCUT2D eigenvalue weighted by molar-refractivity contribution is -0.133. The van der Waals surface area contributed by atoms with Crippen LogP contribution in [0.15, 0.2) is 23.6 Å². The Labute approximate surface area is 109 Å². The molecule has 0 amide bonds. The van der Waals surface area contributed by atoms with Gasteiger partial charge in [-0.3, -0.25) is 14.0 Å². The topological polar surface area (TPSA) is 72.9 Å². The van der Waals surface area contributed by atoms with Crippen molar-refractivity contribution in [3.05, 3.63) is 24.2 Å². The molecule has 7 heteroatoms. The molecule has 1 N–H and O–H groups in total. The Morgan fingerprint density at radius 2 is 2.33 bits per heavy atom. The van der Waals surface area contributed by atoms with Crippen LogP contribution in [0.4, 0.5) is 0 Å². The molecule has 2 rings (SSSR count). The summed E-state index contributed by atoms with van der Waals surface area (Å²) in [6, 6.07) is 1.88. The van der Waals surface area contributed by atoms with Gasteiger partial charge in [-0.25, -0.2) is 4.98 Å². The quantitative estimate of drug-likeness (QED) is 0.827. The van der Waals surface area contributed by atoms with E-state index in [-0.39, 0.29) is 5.75 Å². The van der Waals surface area contributed by atoms with Crippen molar-refractivity contribution in [1.82, 2.24) is 19.3 Å². The highest BCUT2D eigenvalue weighted by Gasteiger charge is 2.14. The molecule has 0 saturated heterocycles. The first-order valence-electron chi connectivity index (χ1n) is 5.53. The molecule has 6 nitrogen and oxygen atoms in total. The highest BCUT2D eigenvalue weighted by molar-refractivity contribution is 7.99. The van der Waals surface area contributed by atoms with E-state index in [2.05, 4.69) is 10.1 Å². The molecular formula is C11H14N4O2S. The minimum Gasteiger partial charge on any atom is -0.481 e. The van der Waals surface area contributed by atoms with E-state index in [4.69, 9.17) is 5.11 Å². The molecule has 18 heavy (non-hydrogen) atoms. The number of aliphatic carboxylic acids is 1. The van der Waals surface area contributed by atoms with Crippen LogP contribution in [0.25, 0.3) is 5.82 Å². The van der Waals surface area contributed by atoms with Gasteiger partial charge in [-0.05, 0) is 6.42 Å². The standard InChI is InChI=1S/C11H14N4O2S/c1-3-8-6-12-11(18-7-10(16)17)15(8)9-4-5-14(2)13-9/h4-6H,3,7H2,1-2H3,(H,16,17). The number of nitrogens with zero attached hydrogens (tertiary/aromatic N) is 4. The van der Waals surface area contributed by atoms with Crippen molar-refractivity contribution < 1.29 is 9.90 Å². The molecule has 2 heterocycles. The Balaban J connectivity index is 2.36. The van der Waals surface area contributed by atoms with Crippen molar-refractivity contribution in [2.24, 2.45) is 7.05 Å². The molecule has 0 spiro atoms. The molecule has 0 atom stereocenters. The maximum absolute atomic E-state index is 10.6. The molecule has 0 aliphatic rings. The normalized spacial score (nSPS) is 10.8. The fourth-order valence-electron chi connectivity index (χ4n) is 1.61. The Bertz CT molecular complexity index is 561. The summed E-state index contributed by atoms with van der Waals surface area (Å²) in [4.78, 5) is 14.9. The largest absolute Gasteiger partial charge is 0.481 e. The summed E-state index contributed by atoms with van der Waals surface area (Å²) in [6.45, 7) is 2.03. The van der Waals surface area contributed by atoms with Crippen molar-refractivity contribution in [3.63, 3.8) is 0 Å². The summed E-state index contributed by atoms with van der Waals surface area (Å²) >= 11 is 1.20. The summed E-state index contributed by atoms with van der Waals surface area (Å²) in [5.74, 6) is -0.0964. The molecule has 0 saturated carbocycles. The fourth-order valence-corrected chi connectivity index (χ4v) is 2.33. The third-order valence-electron chi connectivity index (χ3n) is 2.42. The minimum absolute atomic E-state index is 0.00694. The predicted molar refractivity (Wildman–Crippen MR) is 68.1 cm³/mol. The van der Waals surface area contributed by atoms with Gasteiger partial charge in [-0.1, -0.05) is 18.7 Å². The van der Waals surface area contributed by atoms with Crippen LogP contribution in [0.5, 0.6) is 0 Å². The molecule has 0 aliphatic heterocycles. The number of aromatic nitrogens is 4. The second-order valence-corrected chi connectivity index (χ2v) is 4.69. The molecule has 0 unspecified atom stereocenters. The predicted octanol–water partition coefficient (Wildman–Crippen LogP) is 1.34. The van der Waals surface area contributed by atoms with E-state index in [1.54, 1.807) is 10.9 Å². The number of carboxylic acids is 1. The average Bonchev–Trinajstić information content (AvgIpc) is 2.91. The van der Waals surface area contributed by atoms with E-state index in [9.17, 15) is 4.79 Å². The monoisotopic (exact) mass is 266 g/mol. The summed E-state index contributed by atoms with van der Waals surface area (Å²) in [5.41, 5.74) is 1.02. The zero-order valence-electron chi connectivity index (χ0n) is 10.2. The number of aryl methyl sites for hydroxylation is 2. The second-order valence-electron chi connectivity index (χ2n) is 3.75. The molecule has 2 aromatic heterocycles. The van der Waals surface area contributed by atoms with E-state index >= 15 is 0 Å². The molecular weight excluding hydrogens is 252 g/mol. The van der Waals surface area contributed by atoms with Gasteiger partial charge in [0.1, 0.15) is 0 Å². The number of hydrogen-bond acceptors (Lipinski definition) is 4. The smallest absolute Gasteiger partial charge is 0.313 e. The van der Waals surface area contributed by atoms with Gasteiger partial charge in [0.2, 0.25) is 0 Å². The number of carboxylic acid groups (broad SMARTS) is 1. The molecule has 0 radical (unpaired) electrons. The summed E-state index contributed by atoms with van der Waals surface area (Å²) in [5, 5.41) is 13.7.